The normalized spacial score (nSPS) is 14.7. The number of nitrogens with zero attached hydrogens (tertiary/aromatic N) is 1. The van der Waals surface area contributed by atoms with E-state index < -0.39 is 0 Å². The van der Waals surface area contributed by atoms with Crippen molar-refractivity contribution >= 4 is 67.5 Å². The van der Waals surface area contributed by atoms with E-state index in [9.17, 15) is 14.0 Å². The highest BCUT2D eigenvalue weighted by molar-refractivity contribution is 14.1. The third-order valence-electron chi connectivity index (χ3n) is 4.83. The molecule has 0 saturated carbocycles. The van der Waals surface area contributed by atoms with Crippen molar-refractivity contribution in [2.24, 2.45) is 0 Å². The predicted molar refractivity (Wildman–Crippen MR) is 142 cm³/mol. The van der Waals surface area contributed by atoms with Gasteiger partial charge in [-0.05, 0) is 116 Å². The van der Waals surface area contributed by atoms with Crippen molar-refractivity contribution in [2.75, 3.05) is 13.2 Å². The van der Waals surface area contributed by atoms with Crippen molar-refractivity contribution < 1.29 is 23.5 Å². The second kappa shape index (κ2) is 11.4. The van der Waals surface area contributed by atoms with Crippen molar-refractivity contribution in [3.05, 3.63) is 96.6 Å². The van der Waals surface area contributed by atoms with Gasteiger partial charge >= 0.3 is 0 Å². The summed E-state index contributed by atoms with van der Waals surface area (Å²) in [7, 11) is 0. The summed E-state index contributed by atoms with van der Waals surface area (Å²) in [6.07, 6.45) is 1.68. The molecule has 1 aliphatic rings. The van der Waals surface area contributed by atoms with E-state index in [4.69, 9.17) is 9.47 Å². The first-order valence-electron chi connectivity index (χ1n) is 10.2. The third-order valence-corrected chi connectivity index (χ3v) is 7.08. The molecule has 0 aliphatic carbocycles. The van der Waals surface area contributed by atoms with Gasteiger partial charge in [-0.15, -0.1) is 0 Å². The van der Waals surface area contributed by atoms with Crippen LogP contribution in [0.3, 0.4) is 0 Å². The summed E-state index contributed by atoms with van der Waals surface area (Å²) in [5, 5.41) is -0.351. The maximum Gasteiger partial charge on any atom is 0.293 e. The van der Waals surface area contributed by atoms with Gasteiger partial charge in [0.05, 0.1) is 15.9 Å². The van der Waals surface area contributed by atoms with Gasteiger partial charge in [-0.25, -0.2) is 4.39 Å². The van der Waals surface area contributed by atoms with E-state index in [0.29, 0.717) is 23.0 Å². The van der Waals surface area contributed by atoms with E-state index in [0.717, 1.165) is 35.8 Å². The minimum absolute atomic E-state index is 0.106. The number of amides is 2. The Kier molecular flexibility index (Phi) is 8.28. The molecule has 5 nitrogen and oxygen atoms in total. The van der Waals surface area contributed by atoms with Crippen molar-refractivity contribution in [3.8, 4) is 11.5 Å². The lowest BCUT2D eigenvalue weighted by Crippen LogP contribution is -2.32. The van der Waals surface area contributed by atoms with E-state index in [2.05, 4.69) is 38.5 Å². The Morgan fingerprint density at radius 1 is 1.00 bits per heavy atom. The second-order valence-corrected chi connectivity index (χ2v) is 10.3. The second-order valence-electron chi connectivity index (χ2n) is 7.24. The van der Waals surface area contributed by atoms with Gasteiger partial charge in [0, 0.05) is 3.57 Å². The number of hydrogen-bond acceptors (Lipinski definition) is 5. The molecule has 0 radical (unpaired) electrons. The Morgan fingerprint density at radius 2 is 1.74 bits per heavy atom. The average molecular weight is 654 g/mol. The monoisotopic (exact) mass is 653 g/mol. The number of carbonyl (C=O) groups is 2. The molecule has 0 atom stereocenters. The van der Waals surface area contributed by atoms with Crippen LogP contribution in [-0.4, -0.2) is 29.2 Å². The molecule has 3 aromatic carbocycles. The van der Waals surface area contributed by atoms with E-state index in [1.54, 1.807) is 6.08 Å². The lowest BCUT2D eigenvalue weighted by molar-refractivity contribution is -0.123. The maximum absolute atomic E-state index is 13.0. The summed E-state index contributed by atoms with van der Waals surface area (Å²) in [5.41, 5.74) is 1.83. The number of benzene rings is 3. The van der Waals surface area contributed by atoms with Gasteiger partial charge in [-0.1, -0.05) is 18.2 Å². The lowest BCUT2D eigenvalue weighted by atomic mass is 10.2. The Labute approximate surface area is 222 Å². The topological polar surface area (TPSA) is 55.8 Å². The standard InChI is InChI=1S/C25H18BrFINO4S/c26-21-13-17(3-10-22(21)33-15-16-1-6-19(28)7-2-16)14-23-24(30)29(25(31)34-23)11-12-32-20-8-4-18(27)5-9-20/h1-10,13-14H,11-12,15H2/b23-14-. The van der Waals surface area contributed by atoms with Crippen molar-refractivity contribution in [1.29, 1.82) is 0 Å². The number of rotatable bonds is 8. The summed E-state index contributed by atoms with van der Waals surface area (Å²) < 4.78 is 26.3. The van der Waals surface area contributed by atoms with Crippen LogP contribution in [0.5, 0.6) is 11.5 Å². The molecule has 4 rings (SSSR count). The minimum Gasteiger partial charge on any atom is -0.492 e. The zero-order valence-electron chi connectivity index (χ0n) is 17.7. The van der Waals surface area contributed by atoms with Gasteiger partial charge < -0.3 is 9.47 Å². The third kappa shape index (κ3) is 6.39. The van der Waals surface area contributed by atoms with Crippen LogP contribution in [0.15, 0.2) is 76.1 Å². The van der Waals surface area contributed by atoms with Crippen molar-refractivity contribution in [3.63, 3.8) is 0 Å². The number of thioether (sulfide) groups is 1. The Hall–Kier alpha value is -2.37. The number of imide groups is 1. The van der Waals surface area contributed by atoms with Gasteiger partial charge in [0.25, 0.3) is 11.1 Å². The maximum atomic E-state index is 13.0. The Balaban J connectivity index is 1.35. The molecule has 174 valence electrons. The van der Waals surface area contributed by atoms with Crippen LogP contribution in [0.25, 0.3) is 6.08 Å². The molecule has 9 heteroatoms. The van der Waals surface area contributed by atoms with Gasteiger partial charge in [0.15, 0.2) is 0 Å². The van der Waals surface area contributed by atoms with Crippen LogP contribution in [0.2, 0.25) is 0 Å². The first-order chi connectivity index (χ1) is 16.4. The first-order valence-corrected chi connectivity index (χ1v) is 12.9. The Morgan fingerprint density at radius 3 is 2.44 bits per heavy atom. The summed E-state index contributed by atoms with van der Waals surface area (Å²) in [5.74, 6) is 0.424. The van der Waals surface area contributed by atoms with Crippen LogP contribution in [0, 0.1) is 9.39 Å². The van der Waals surface area contributed by atoms with Gasteiger partial charge in [0.2, 0.25) is 0 Å². The number of halogens is 3. The summed E-state index contributed by atoms with van der Waals surface area (Å²) in [4.78, 5) is 26.5. The molecule has 1 saturated heterocycles. The van der Waals surface area contributed by atoms with E-state index in [1.807, 2.05) is 42.5 Å². The average Bonchev–Trinajstić information content (AvgIpc) is 3.08. The van der Waals surface area contributed by atoms with Crippen LogP contribution in [0.1, 0.15) is 11.1 Å². The Bertz CT molecular complexity index is 1230. The molecule has 0 unspecified atom stereocenters. The molecule has 1 aliphatic heterocycles. The number of carbonyl (C=O) groups excluding carboxylic acids is 2. The number of ether oxygens (including phenoxy) is 2. The predicted octanol–water partition coefficient (Wildman–Crippen LogP) is 6.89. The SMILES string of the molecule is O=C1S/C(=C\c2ccc(OCc3ccc(I)cc3)c(Br)c2)C(=O)N1CCOc1ccc(F)cc1. The highest BCUT2D eigenvalue weighted by Gasteiger charge is 2.34. The first kappa shape index (κ1) is 24.7. The quantitative estimate of drug-likeness (QED) is 0.196. The number of hydrogen-bond donors (Lipinski definition) is 0. The summed E-state index contributed by atoms with van der Waals surface area (Å²) in [6, 6.07) is 19.2. The van der Waals surface area contributed by atoms with E-state index in [1.165, 1.54) is 24.3 Å². The molecule has 3 aromatic rings. The van der Waals surface area contributed by atoms with Crippen LogP contribution >= 0.6 is 50.3 Å². The molecule has 0 aromatic heterocycles. The van der Waals surface area contributed by atoms with Crippen LogP contribution in [0.4, 0.5) is 9.18 Å². The van der Waals surface area contributed by atoms with Gasteiger partial charge in [0.1, 0.15) is 30.5 Å². The van der Waals surface area contributed by atoms with Crippen molar-refractivity contribution in [2.45, 2.75) is 6.61 Å². The minimum atomic E-state index is -0.368. The fourth-order valence-electron chi connectivity index (χ4n) is 3.10. The van der Waals surface area contributed by atoms with Gasteiger partial charge in [-0.3, -0.25) is 14.5 Å². The van der Waals surface area contributed by atoms with Crippen molar-refractivity contribution in [1.82, 2.24) is 4.90 Å². The molecule has 2 amide bonds. The highest BCUT2D eigenvalue weighted by Crippen LogP contribution is 2.34. The molecule has 0 N–H and O–H groups in total. The molecular weight excluding hydrogens is 636 g/mol. The molecule has 1 heterocycles. The molecule has 0 bridgehead atoms. The van der Waals surface area contributed by atoms with Gasteiger partial charge in [-0.2, -0.15) is 0 Å². The zero-order valence-corrected chi connectivity index (χ0v) is 22.2. The van der Waals surface area contributed by atoms with Crippen LogP contribution < -0.4 is 9.47 Å². The van der Waals surface area contributed by atoms with Crippen LogP contribution in [-0.2, 0) is 11.4 Å². The lowest BCUT2D eigenvalue weighted by Gasteiger charge is -2.13. The molecule has 0 spiro atoms. The fourth-order valence-corrected chi connectivity index (χ4v) is 4.83. The summed E-state index contributed by atoms with van der Waals surface area (Å²) >= 11 is 6.66. The molecular formula is C25H18BrFINO4S. The van der Waals surface area contributed by atoms with E-state index >= 15 is 0 Å². The highest BCUT2D eigenvalue weighted by atomic mass is 127. The molecule has 34 heavy (non-hydrogen) atoms. The summed E-state index contributed by atoms with van der Waals surface area (Å²) in [6.45, 7) is 0.664. The largest absolute Gasteiger partial charge is 0.492 e. The fraction of sp³-hybridized carbons (Fsp3) is 0.120. The zero-order chi connectivity index (χ0) is 24.1. The molecule has 1 fully saturated rings. The van der Waals surface area contributed by atoms with E-state index in [-0.39, 0.29) is 30.1 Å². The smallest absolute Gasteiger partial charge is 0.293 e.